The molecule has 1 saturated heterocycles. The van der Waals surface area contributed by atoms with Crippen molar-refractivity contribution in [3.05, 3.63) is 52.8 Å². The van der Waals surface area contributed by atoms with E-state index in [1.165, 1.54) is 11.1 Å². The normalized spacial score (nSPS) is 16.1. The number of nitrogens with one attached hydrogen (secondary N) is 1. The van der Waals surface area contributed by atoms with Crippen molar-refractivity contribution in [1.29, 1.82) is 0 Å². The van der Waals surface area contributed by atoms with Crippen LogP contribution in [0.4, 0.5) is 11.5 Å². The van der Waals surface area contributed by atoms with Crippen LogP contribution in [-0.4, -0.2) is 43.0 Å². The van der Waals surface area contributed by atoms with Crippen molar-refractivity contribution in [3.63, 3.8) is 0 Å². The lowest BCUT2D eigenvalue weighted by Gasteiger charge is -2.32. The Morgan fingerprint density at radius 2 is 1.81 bits per heavy atom. The molecule has 1 aliphatic rings. The van der Waals surface area contributed by atoms with Crippen LogP contribution < -0.4 is 25.2 Å². The summed E-state index contributed by atoms with van der Waals surface area (Å²) in [6, 6.07) is 12.6. The lowest BCUT2D eigenvalue weighted by atomic mass is 10.00. The quantitative estimate of drug-likeness (QED) is 0.638. The third kappa shape index (κ3) is 4.54. The first-order valence-corrected chi connectivity index (χ1v) is 10.8. The summed E-state index contributed by atoms with van der Waals surface area (Å²) in [5, 5.41) is 8.82. The van der Waals surface area contributed by atoms with E-state index in [2.05, 4.69) is 22.2 Å². The number of amides is 1. The minimum Gasteiger partial charge on any atom is -0.497 e. The van der Waals surface area contributed by atoms with E-state index in [0.29, 0.717) is 28.5 Å². The van der Waals surface area contributed by atoms with Gasteiger partial charge in [0.25, 0.3) is 5.56 Å². The van der Waals surface area contributed by atoms with Crippen molar-refractivity contribution in [2.45, 2.75) is 26.3 Å². The molecular weight excluding hydrogens is 408 g/mol. The first-order valence-electron chi connectivity index (χ1n) is 10.8. The third-order valence-corrected chi connectivity index (χ3v) is 5.73. The summed E-state index contributed by atoms with van der Waals surface area (Å²) in [6.45, 7) is 3.79. The van der Waals surface area contributed by atoms with Crippen molar-refractivity contribution in [2.75, 3.05) is 37.5 Å². The largest absolute Gasteiger partial charge is 0.497 e. The summed E-state index contributed by atoms with van der Waals surface area (Å²) in [6.07, 6.45) is 2.26. The zero-order valence-corrected chi connectivity index (χ0v) is 18.6. The van der Waals surface area contributed by atoms with Crippen molar-refractivity contribution in [2.24, 2.45) is 5.92 Å². The summed E-state index contributed by atoms with van der Waals surface area (Å²) in [4.78, 5) is 28.1. The van der Waals surface area contributed by atoms with E-state index in [0.717, 1.165) is 30.7 Å². The number of fused-ring (bicyclic) bond motifs is 1. The highest BCUT2D eigenvalue weighted by Gasteiger charge is 2.22. The molecule has 2 heterocycles. The highest BCUT2D eigenvalue weighted by Crippen LogP contribution is 2.27. The number of anilines is 2. The van der Waals surface area contributed by atoms with Crippen LogP contribution in [0.3, 0.4) is 0 Å². The van der Waals surface area contributed by atoms with Gasteiger partial charge in [-0.05, 0) is 24.8 Å². The maximum absolute atomic E-state index is 13.1. The SMILES string of the molecule is COc1cc(NC(=O)Cn2nc(N3CCC[C@@H](C)C3)c3ccccc3c2=O)cc(OC)c1. The van der Waals surface area contributed by atoms with E-state index >= 15 is 0 Å². The second-order valence-corrected chi connectivity index (χ2v) is 8.17. The van der Waals surface area contributed by atoms with E-state index in [4.69, 9.17) is 9.47 Å². The van der Waals surface area contributed by atoms with Gasteiger partial charge < -0.3 is 19.7 Å². The van der Waals surface area contributed by atoms with E-state index in [9.17, 15) is 9.59 Å². The molecule has 1 N–H and O–H groups in total. The predicted octanol–water partition coefficient (Wildman–Crippen LogP) is 3.29. The molecule has 1 aliphatic heterocycles. The monoisotopic (exact) mass is 436 g/mol. The third-order valence-electron chi connectivity index (χ3n) is 5.73. The summed E-state index contributed by atoms with van der Waals surface area (Å²) >= 11 is 0. The number of methoxy groups -OCH3 is 2. The maximum Gasteiger partial charge on any atom is 0.275 e. The Bertz CT molecular complexity index is 1170. The molecule has 2 aromatic carbocycles. The Hall–Kier alpha value is -3.55. The van der Waals surface area contributed by atoms with Gasteiger partial charge in [0, 0.05) is 42.4 Å². The van der Waals surface area contributed by atoms with Gasteiger partial charge in [-0.1, -0.05) is 25.1 Å². The number of nitrogens with zero attached hydrogens (tertiary/aromatic N) is 3. The molecule has 8 heteroatoms. The molecular formula is C24H28N4O4. The van der Waals surface area contributed by atoms with E-state index in [1.807, 2.05) is 18.2 Å². The van der Waals surface area contributed by atoms with Crippen molar-refractivity contribution in [1.82, 2.24) is 9.78 Å². The van der Waals surface area contributed by atoms with Crippen molar-refractivity contribution >= 4 is 28.2 Å². The molecule has 3 aromatic rings. The van der Waals surface area contributed by atoms with Crippen LogP contribution in [0.1, 0.15) is 19.8 Å². The fourth-order valence-electron chi connectivity index (χ4n) is 4.16. The molecule has 0 bridgehead atoms. The van der Waals surface area contributed by atoms with Gasteiger partial charge in [-0.3, -0.25) is 9.59 Å². The minimum atomic E-state index is -0.358. The van der Waals surface area contributed by atoms with E-state index in [-0.39, 0.29) is 18.0 Å². The average Bonchev–Trinajstić information content (AvgIpc) is 2.80. The highest BCUT2D eigenvalue weighted by molar-refractivity contribution is 5.93. The van der Waals surface area contributed by atoms with Gasteiger partial charge in [0.15, 0.2) is 5.82 Å². The van der Waals surface area contributed by atoms with Crippen LogP contribution in [0.2, 0.25) is 0 Å². The van der Waals surface area contributed by atoms with Crippen LogP contribution in [0.15, 0.2) is 47.3 Å². The smallest absolute Gasteiger partial charge is 0.275 e. The Morgan fingerprint density at radius 3 is 2.47 bits per heavy atom. The number of hydrogen-bond donors (Lipinski definition) is 1. The molecule has 1 aromatic heterocycles. The molecule has 1 fully saturated rings. The lowest BCUT2D eigenvalue weighted by molar-refractivity contribution is -0.117. The fraction of sp³-hybridized carbons (Fsp3) is 0.375. The lowest BCUT2D eigenvalue weighted by Crippen LogP contribution is -2.38. The number of rotatable bonds is 6. The van der Waals surface area contributed by atoms with Crippen LogP contribution >= 0.6 is 0 Å². The van der Waals surface area contributed by atoms with Crippen LogP contribution in [-0.2, 0) is 11.3 Å². The van der Waals surface area contributed by atoms with Gasteiger partial charge in [-0.25, -0.2) is 4.68 Å². The minimum absolute atomic E-state index is 0.195. The molecule has 8 nitrogen and oxygen atoms in total. The predicted molar refractivity (Wildman–Crippen MR) is 125 cm³/mol. The van der Waals surface area contributed by atoms with E-state index < -0.39 is 0 Å². The summed E-state index contributed by atoms with van der Waals surface area (Å²) in [5.41, 5.74) is 0.234. The number of carbonyl (C=O) groups is 1. The van der Waals surface area contributed by atoms with Crippen molar-refractivity contribution in [3.8, 4) is 11.5 Å². The second-order valence-electron chi connectivity index (χ2n) is 8.17. The maximum atomic E-state index is 13.1. The Morgan fingerprint density at radius 1 is 1.12 bits per heavy atom. The zero-order chi connectivity index (χ0) is 22.7. The summed E-state index contributed by atoms with van der Waals surface area (Å²) < 4.78 is 11.8. The van der Waals surface area contributed by atoms with Gasteiger partial charge in [0.05, 0.1) is 19.6 Å². The summed E-state index contributed by atoms with van der Waals surface area (Å²) in [5.74, 6) is 2.06. The van der Waals surface area contributed by atoms with Gasteiger partial charge in [-0.15, -0.1) is 0 Å². The number of aromatic nitrogens is 2. The standard InChI is InChI=1S/C24H28N4O4/c1-16-7-6-10-27(14-16)23-20-8-4-5-9-21(20)24(30)28(26-23)15-22(29)25-17-11-18(31-2)13-19(12-17)32-3/h4-5,8-9,11-13,16H,6-7,10,14-15H2,1-3H3,(H,25,29)/t16-/m1/s1. The van der Waals surface area contributed by atoms with Gasteiger partial charge in [0.2, 0.25) is 5.91 Å². The number of carbonyl (C=O) groups excluding carboxylic acids is 1. The Labute approximate surface area is 186 Å². The summed E-state index contributed by atoms with van der Waals surface area (Å²) in [7, 11) is 3.09. The number of ether oxygens (including phenoxy) is 2. The molecule has 1 amide bonds. The average molecular weight is 437 g/mol. The van der Waals surface area contributed by atoms with Crippen molar-refractivity contribution < 1.29 is 14.3 Å². The van der Waals surface area contributed by atoms with Gasteiger partial charge in [0.1, 0.15) is 18.0 Å². The first kappa shape index (κ1) is 21.7. The number of piperidine rings is 1. The van der Waals surface area contributed by atoms with Gasteiger partial charge >= 0.3 is 0 Å². The fourth-order valence-corrected chi connectivity index (χ4v) is 4.16. The molecule has 0 spiro atoms. The Balaban J connectivity index is 1.65. The van der Waals surface area contributed by atoms with Gasteiger partial charge in [-0.2, -0.15) is 5.10 Å². The molecule has 0 radical (unpaired) electrons. The number of hydrogen-bond acceptors (Lipinski definition) is 6. The van der Waals surface area contributed by atoms with Crippen LogP contribution in [0, 0.1) is 5.92 Å². The molecule has 1 atom stereocenters. The molecule has 168 valence electrons. The van der Waals surface area contributed by atoms with E-state index in [1.54, 1.807) is 38.5 Å². The second kappa shape index (κ2) is 9.30. The highest BCUT2D eigenvalue weighted by atomic mass is 16.5. The number of benzene rings is 2. The topological polar surface area (TPSA) is 85.7 Å². The molecule has 32 heavy (non-hydrogen) atoms. The Kier molecular flexibility index (Phi) is 6.30. The zero-order valence-electron chi connectivity index (χ0n) is 18.6. The molecule has 4 rings (SSSR count). The first-order chi connectivity index (χ1) is 15.5. The molecule has 0 saturated carbocycles. The van der Waals surface area contributed by atoms with Crippen LogP contribution in [0.25, 0.3) is 10.8 Å². The van der Waals surface area contributed by atoms with Crippen LogP contribution in [0.5, 0.6) is 11.5 Å². The molecule has 0 unspecified atom stereocenters. The molecule has 0 aliphatic carbocycles.